The van der Waals surface area contributed by atoms with Gasteiger partial charge in [-0.3, -0.25) is 10.1 Å². The summed E-state index contributed by atoms with van der Waals surface area (Å²) in [7, 11) is 0. The van der Waals surface area contributed by atoms with Crippen LogP contribution in [0.4, 0.5) is 13.2 Å². The van der Waals surface area contributed by atoms with Crippen molar-refractivity contribution in [1.82, 2.24) is 5.32 Å². The van der Waals surface area contributed by atoms with Crippen molar-refractivity contribution in [2.75, 3.05) is 0 Å². The number of carbonyl (C=O) groups is 1. The molecule has 1 aromatic heterocycles. The normalized spacial score (nSPS) is 12.3. The fraction of sp³-hybridized carbons (Fsp3) is 0.294. The molecule has 0 bridgehead atoms. The summed E-state index contributed by atoms with van der Waals surface area (Å²) < 4.78 is 48.8. The van der Waals surface area contributed by atoms with Crippen LogP contribution in [-0.4, -0.2) is 18.0 Å². The number of nitrogens with zero attached hydrogens (tertiary/aromatic N) is 1. The molecule has 1 amide bonds. The summed E-state index contributed by atoms with van der Waals surface area (Å²) in [4.78, 5) is 16.3. The topological polar surface area (TPSA) is 63.8 Å². The number of amidine groups is 1. The number of hydrogen-bond donors (Lipinski definition) is 1. The molecule has 5 nitrogen and oxygen atoms in total. The van der Waals surface area contributed by atoms with Gasteiger partial charge < -0.3 is 9.15 Å². The molecule has 134 valence electrons. The van der Waals surface area contributed by atoms with E-state index in [0.29, 0.717) is 5.76 Å². The molecule has 0 spiro atoms. The van der Waals surface area contributed by atoms with Gasteiger partial charge in [-0.1, -0.05) is 6.07 Å². The number of carbonyl (C=O) groups excluding carboxylic acids is 1. The van der Waals surface area contributed by atoms with Gasteiger partial charge in [-0.15, -0.1) is 0 Å². The fourth-order valence-corrected chi connectivity index (χ4v) is 1.89. The fourth-order valence-electron chi connectivity index (χ4n) is 1.89. The second-order valence-electron chi connectivity index (χ2n) is 5.40. The number of furan rings is 1. The molecule has 0 atom stereocenters. The number of rotatable bonds is 4. The molecule has 0 fully saturated rings. The second-order valence-corrected chi connectivity index (χ2v) is 5.40. The van der Waals surface area contributed by atoms with Gasteiger partial charge in [0.2, 0.25) is 0 Å². The smallest absolute Gasteiger partial charge is 0.416 e. The Bertz CT molecular complexity index is 738. The highest BCUT2D eigenvalue weighted by Gasteiger charge is 2.31. The number of nitrogens with one attached hydrogen (secondary N) is 1. The Morgan fingerprint density at radius 2 is 2.04 bits per heavy atom. The summed E-state index contributed by atoms with van der Waals surface area (Å²) in [6.07, 6.45) is -3.33. The van der Waals surface area contributed by atoms with E-state index in [1.807, 2.05) is 0 Å². The average Bonchev–Trinajstić information content (AvgIpc) is 3.05. The van der Waals surface area contributed by atoms with Crippen LogP contribution in [0.15, 0.2) is 52.1 Å². The van der Waals surface area contributed by atoms with Crippen molar-refractivity contribution in [3.05, 3.63) is 59.5 Å². The van der Waals surface area contributed by atoms with Crippen molar-refractivity contribution < 1.29 is 27.1 Å². The number of hydrogen-bond acceptors (Lipinski definition) is 4. The first-order valence-electron chi connectivity index (χ1n) is 7.48. The number of ether oxygens (including phenoxy) is 1. The van der Waals surface area contributed by atoms with Crippen molar-refractivity contribution in [1.29, 1.82) is 0 Å². The lowest BCUT2D eigenvalue weighted by molar-refractivity contribution is -0.137. The minimum Gasteiger partial charge on any atom is -0.467 e. The van der Waals surface area contributed by atoms with Gasteiger partial charge in [-0.05, 0) is 44.2 Å². The third kappa shape index (κ3) is 5.66. The van der Waals surface area contributed by atoms with E-state index in [0.717, 1.165) is 12.1 Å². The van der Waals surface area contributed by atoms with Crippen LogP contribution in [0.5, 0.6) is 0 Å². The summed E-state index contributed by atoms with van der Waals surface area (Å²) in [5.74, 6) is -0.192. The van der Waals surface area contributed by atoms with E-state index in [9.17, 15) is 18.0 Å². The zero-order chi connectivity index (χ0) is 18.4. The van der Waals surface area contributed by atoms with Gasteiger partial charge in [0, 0.05) is 5.56 Å². The van der Waals surface area contributed by atoms with E-state index in [4.69, 9.17) is 9.15 Å². The van der Waals surface area contributed by atoms with Gasteiger partial charge >= 0.3 is 6.18 Å². The molecule has 0 aliphatic carbocycles. The van der Waals surface area contributed by atoms with E-state index in [1.165, 1.54) is 18.4 Å². The molecule has 0 radical (unpaired) electrons. The third-order valence-electron chi connectivity index (χ3n) is 2.98. The molecule has 0 aliphatic heterocycles. The van der Waals surface area contributed by atoms with Crippen LogP contribution in [-0.2, 0) is 17.5 Å². The molecular formula is C17H17F3N2O3. The van der Waals surface area contributed by atoms with Crippen LogP contribution in [0.2, 0.25) is 0 Å². The zero-order valence-corrected chi connectivity index (χ0v) is 13.6. The lowest BCUT2D eigenvalue weighted by Crippen LogP contribution is -2.34. The Labute approximate surface area is 142 Å². The highest BCUT2D eigenvalue weighted by Crippen LogP contribution is 2.29. The second kappa shape index (κ2) is 7.87. The first-order chi connectivity index (χ1) is 11.8. The van der Waals surface area contributed by atoms with E-state index >= 15 is 0 Å². The maximum Gasteiger partial charge on any atom is 0.416 e. The number of benzene rings is 1. The van der Waals surface area contributed by atoms with Gasteiger partial charge in [-0.2, -0.15) is 13.2 Å². The Kier molecular flexibility index (Phi) is 5.84. The third-order valence-corrected chi connectivity index (χ3v) is 2.98. The van der Waals surface area contributed by atoms with Crippen LogP contribution in [0.25, 0.3) is 0 Å². The van der Waals surface area contributed by atoms with E-state index in [2.05, 4.69) is 10.3 Å². The van der Waals surface area contributed by atoms with Gasteiger partial charge in [-0.25, -0.2) is 4.99 Å². The van der Waals surface area contributed by atoms with Gasteiger partial charge in [0.05, 0.1) is 17.9 Å². The number of aliphatic imine (C=N–C) groups is 1. The maximum atomic E-state index is 12.8. The first-order valence-corrected chi connectivity index (χ1v) is 7.48. The summed E-state index contributed by atoms with van der Waals surface area (Å²) in [5, 5.41) is 2.39. The van der Waals surface area contributed by atoms with E-state index in [-0.39, 0.29) is 24.2 Å². The monoisotopic (exact) mass is 354 g/mol. The van der Waals surface area contributed by atoms with Crippen molar-refractivity contribution in [3.8, 4) is 0 Å². The predicted octanol–water partition coefficient (Wildman–Crippen LogP) is 4.01. The summed E-state index contributed by atoms with van der Waals surface area (Å²) in [6, 6.07) is 7.42. The van der Waals surface area contributed by atoms with Crippen LogP contribution in [0.1, 0.15) is 35.5 Å². The quantitative estimate of drug-likeness (QED) is 0.666. The number of halogens is 3. The van der Waals surface area contributed by atoms with Crippen LogP contribution >= 0.6 is 0 Å². The minimum absolute atomic E-state index is 0.0891. The molecule has 25 heavy (non-hydrogen) atoms. The van der Waals surface area contributed by atoms with Gasteiger partial charge in [0.25, 0.3) is 11.9 Å². The van der Waals surface area contributed by atoms with Crippen molar-refractivity contribution in [2.24, 2.45) is 4.99 Å². The molecule has 1 N–H and O–H groups in total. The molecule has 8 heteroatoms. The van der Waals surface area contributed by atoms with Crippen molar-refractivity contribution in [3.63, 3.8) is 0 Å². The number of alkyl halides is 3. The Morgan fingerprint density at radius 1 is 1.28 bits per heavy atom. The summed E-state index contributed by atoms with van der Waals surface area (Å²) in [5.41, 5.74) is -1.05. The first kappa shape index (κ1) is 18.6. The largest absolute Gasteiger partial charge is 0.467 e. The lowest BCUT2D eigenvalue weighted by atomic mass is 10.1. The molecule has 2 rings (SSSR count). The zero-order valence-electron chi connectivity index (χ0n) is 13.6. The molecule has 0 saturated heterocycles. The van der Waals surface area contributed by atoms with Crippen molar-refractivity contribution >= 4 is 11.9 Å². The molecular weight excluding hydrogens is 337 g/mol. The van der Waals surface area contributed by atoms with E-state index in [1.54, 1.807) is 26.0 Å². The lowest BCUT2D eigenvalue weighted by Gasteiger charge is -2.14. The molecule has 1 aromatic carbocycles. The van der Waals surface area contributed by atoms with Crippen molar-refractivity contribution in [2.45, 2.75) is 32.7 Å². The van der Waals surface area contributed by atoms with Gasteiger partial charge in [0.15, 0.2) is 0 Å². The Morgan fingerprint density at radius 3 is 2.64 bits per heavy atom. The minimum atomic E-state index is -4.53. The highest BCUT2D eigenvalue weighted by atomic mass is 19.4. The molecule has 2 aromatic rings. The number of amides is 1. The molecule has 0 saturated carbocycles. The molecule has 0 unspecified atom stereocenters. The Hall–Kier alpha value is -2.77. The molecule has 1 heterocycles. The predicted molar refractivity (Wildman–Crippen MR) is 85.0 cm³/mol. The van der Waals surface area contributed by atoms with Crippen LogP contribution in [0, 0.1) is 0 Å². The van der Waals surface area contributed by atoms with Crippen LogP contribution in [0.3, 0.4) is 0 Å². The highest BCUT2D eigenvalue weighted by molar-refractivity contribution is 6.04. The Balaban J connectivity index is 2.14. The molecule has 0 aliphatic rings. The summed E-state index contributed by atoms with van der Waals surface area (Å²) >= 11 is 0. The standard InChI is InChI=1S/C17H17F3N2O3/c1-11(2)25-16(21-10-14-7-4-8-24-14)22-15(23)12-5-3-6-13(9-12)17(18,19)20/h3-9,11H,10H2,1-2H3,(H,21,22,23). The summed E-state index contributed by atoms with van der Waals surface area (Å²) in [6.45, 7) is 3.59. The van der Waals surface area contributed by atoms with Crippen LogP contribution < -0.4 is 5.32 Å². The van der Waals surface area contributed by atoms with E-state index < -0.39 is 17.6 Å². The maximum absolute atomic E-state index is 12.8. The SMILES string of the molecule is CC(C)OC(=NCc1ccco1)NC(=O)c1cccc(C(F)(F)F)c1. The van der Waals surface area contributed by atoms with Gasteiger partial charge in [0.1, 0.15) is 12.3 Å². The average molecular weight is 354 g/mol.